The standard InChI is InChI=1S/C23H24N2O2/c1-16(23(24)25-2)13-17-11-12-21(22(14-17)26-3)27-15-19-9-6-8-18-7-4-5-10-20(18)19/h4-14H,15H2,1-3H3,(H2,24,25)/b16-13+. The molecule has 3 aromatic carbocycles. The predicted molar refractivity (Wildman–Crippen MR) is 112 cm³/mol. The molecule has 0 amide bonds. The van der Waals surface area contributed by atoms with E-state index in [4.69, 9.17) is 15.2 Å². The summed E-state index contributed by atoms with van der Waals surface area (Å²) in [4.78, 5) is 4.00. The van der Waals surface area contributed by atoms with Crippen LogP contribution < -0.4 is 15.2 Å². The van der Waals surface area contributed by atoms with Gasteiger partial charge in [0.2, 0.25) is 0 Å². The van der Waals surface area contributed by atoms with E-state index in [0.29, 0.717) is 23.9 Å². The molecule has 0 radical (unpaired) electrons. The monoisotopic (exact) mass is 360 g/mol. The molecule has 3 rings (SSSR count). The Morgan fingerprint density at radius 2 is 1.81 bits per heavy atom. The van der Waals surface area contributed by atoms with Crippen molar-refractivity contribution in [1.82, 2.24) is 0 Å². The zero-order chi connectivity index (χ0) is 19.2. The molecule has 4 heteroatoms. The fourth-order valence-corrected chi connectivity index (χ4v) is 2.97. The first kappa shape index (κ1) is 18.5. The van der Waals surface area contributed by atoms with E-state index in [0.717, 1.165) is 16.7 Å². The largest absolute Gasteiger partial charge is 0.493 e. The average molecular weight is 360 g/mol. The number of amidine groups is 1. The normalized spacial score (nSPS) is 12.3. The van der Waals surface area contributed by atoms with Gasteiger partial charge in [0.25, 0.3) is 0 Å². The lowest BCUT2D eigenvalue weighted by atomic mass is 10.1. The van der Waals surface area contributed by atoms with E-state index >= 15 is 0 Å². The van der Waals surface area contributed by atoms with Crippen molar-refractivity contribution in [1.29, 1.82) is 0 Å². The number of methoxy groups -OCH3 is 1. The lowest BCUT2D eigenvalue weighted by Crippen LogP contribution is -2.12. The van der Waals surface area contributed by atoms with Gasteiger partial charge in [0, 0.05) is 7.05 Å². The predicted octanol–water partition coefficient (Wildman–Crippen LogP) is 4.82. The third-order valence-electron chi connectivity index (χ3n) is 4.48. The maximum Gasteiger partial charge on any atom is 0.161 e. The van der Waals surface area contributed by atoms with E-state index < -0.39 is 0 Å². The second kappa shape index (κ2) is 8.41. The summed E-state index contributed by atoms with van der Waals surface area (Å²) >= 11 is 0. The first-order chi connectivity index (χ1) is 13.1. The summed E-state index contributed by atoms with van der Waals surface area (Å²) in [6, 6.07) is 20.4. The molecule has 138 valence electrons. The van der Waals surface area contributed by atoms with Crippen LogP contribution in [-0.4, -0.2) is 20.0 Å². The second-order valence-corrected chi connectivity index (χ2v) is 6.27. The molecule has 0 atom stereocenters. The van der Waals surface area contributed by atoms with Crippen molar-refractivity contribution in [2.45, 2.75) is 13.5 Å². The van der Waals surface area contributed by atoms with Gasteiger partial charge in [-0.15, -0.1) is 0 Å². The van der Waals surface area contributed by atoms with E-state index in [9.17, 15) is 0 Å². The van der Waals surface area contributed by atoms with Crippen LogP contribution in [0.4, 0.5) is 0 Å². The molecule has 0 aliphatic rings. The van der Waals surface area contributed by atoms with E-state index in [-0.39, 0.29) is 0 Å². The highest BCUT2D eigenvalue weighted by Gasteiger charge is 2.08. The number of nitrogens with two attached hydrogens (primary N) is 1. The molecule has 0 aliphatic carbocycles. The molecule has 0 unspecified atom stereocenters. The smallest absolute Gasteiger partial charge is 0.161 e. The van der Waals surface area contributed by atoms with Crippen molar-refractivity contribution in [3.05, 3.63) is 77.4 Å². The Labute approximate surface area is 159 Å². The summed E-state index contributed by atoms with van der Waals surface area (Å²) in [5, 5.41) is 2.40. The minimum Gasteiger partial charge on any atom is -0.493 e. The highest BCUT2D eigenvalue weighted by Crippen LogP contribution is 2.30. The lowest BCUT2D eigenvalue weighted by molar-refractivity contribution is 0.285. The summed E-state index contributed by atoms with van der Waals surface area (Å²) in [5.41, 5.74) is 8.88. The molecule has 0 spiro atoms. The molecule has 0 aliphatic heterocycles. The Hall–Kier alpha value is -3.27. The third kappa shape index (κ3) is 4.29. The summed E-state index contributed by atoms with van der Waals surface area (Å²) in [5.74, 6) is 1.91. The van der Waals surface area contributed by atoms with Crippen molar-refractivity contribution in [3.8, 4) is 11.5 Å². The van der Waals surface area contributed by atoms with Gasteiger partial charge in [-0.3, -0.25) is 4.99 Å². The van der Waals surface area contributed by atoms with Gasteiger partial charge < -0.3 is 15.2 Å². The molecule has 0 saturated heterocycles. The summed E-state index contributed by atoms with van der Waals surface area (Å²) in [6.45, 7) is 2.40. The topological polar surface area (TPSA) is 56.8 Å². The maximum atomic E-state index is 6.06. The van der Waals surface area contributed by atoms with Crippen LogP contribution in [0.25, 0.3) is 16.8 Å². The van der Waals surface area contributed by atoms with Crippen molar-refractivity contribution < 1.29 is 9.47 Å². The highest BCUT2D eigenvalue weighted by molar-refractivity contribution is 6.00. The van der Waals surface area contributed by atoms with Crippen molar-refractivity contribution in [2.75, 3.05) is 14.2 Å². The summed E-state index contributed by atoms with van der Waals surface area (Å²) in [7, 11) is 3.32. The number of rotatable bonds is 6. The van der Waals surface area contributed by atoms with Crippen LogP contribution in [0.5, 0.6) is 11.5 Å². The van der Waals surface area contributed by atoms with Gasteiger partial charge in [0.15, 0.2) is 11.5 Å². The highest BCUT2D eigenvalue weighted by atomic mass is 16.5. The number of hydrogen-bond acceptors (Lipinski definition) is 3. The Kier molecular flexibility index (Phi) is 5.77. The van der Waals surface area contributed by atoms with E-state index in [1.165, 1.54) is 10.8 Å². The van der Waals surface area contributed by atoms with Gasteiger partial charge in [0.1, 0.15) is 12.4 Å². The summed E-state index contributed by atoms with van der Waals surface area (Å²) < 4.78 is 11.6. The molecule has 0 fully saturated rings. The minimum atomic E-state index is 0.474. The minimum absolute atomic E-state index is 0.474. The van der Waals surface area contributed by atoms with Crippen LogP contribution in [0.15, 0.2) is 71.2 Å². The zero-order valence-corrected chi connectivity index (χ0v) is 15.9. The van der Waals surface area contributed by atoms with Gasteiger partial charge in [-0.25, -0.2) is 0 Å². The Morgan fingerprint density at radius 1 is 1.04 bits per heavy atom. The quantitative estimate of drug-likeness (QED) is 0.506. The Morgan fingerprint density at radius 3 is 2.59 bits per heavy atom. The number of nitrogens with zero attached hydrogens (tertiary/aromatic N) is 1. The molecule has 27 heavy (non-hydrogen) atoms. The number of fused-ring (bicyclic) bond motifs is 1. The van der Waals surface area contributed by atoms with Gasteiger partial charge in [-0.1, -0.05) is 48.5 Å². The van der Waals surface area contributed by atoms with Crippen LogP contribution in [0.3, 0.4) is 0 Å². The average Bonchev–Trinajstić information content (AvgIpc) is 2.71. The first-order valence-electron chi connectivity index (χ1n) is 8.80. The Bertz CT molecular complexity index is 1000. The molecule has 3 aromatic rings. The van der Waals surface area contributed by atoms with E-state index in [2.05, 4.69) is 35.3 Å². The lowest BCUT2D eigenvalue weighted by Gasteiger charge is -2.13. The second-order valence-electron chi connectivity index (χ2n) is 6.27. The number of hydrogen-bond donors (Lipinski definition) is 1. The van der Waals surface area contributed by atoms with Gasteiger partial charge in [-0.2, -0.15) is 0 Å². The number of benzene rings is 3. The van der Waals surface area contributed by atoms with Crippen molar-refractivity contribution >= 4 is 22.7 Å². The van der Waals surface area contributed by atoms with Crippen molar-refractivity contribution in [3.63, 3.8) is 0 Å². The number of ether oxygens (including phenoxy) is 2. The fourth-order valence-electron chi connectivity index (χ4n) is 2.97. The van der Waals surface area contributed by atoms with E-state index in [1.807, 2.05) is 43.3 Å². The molecular formula is C23H24N2O2. The maximum absolute atomic E-state index is 6.06. The van der Waals surface area contributed by atoms with E-state index in [1.54, 1.807) is 14.2 Å². The molecule has 2 N–H and O–H groups in total. The van der Waals surface area contributed by atoms with Crippen LogP contribution in [0.1, 0.15) is 18.1 Å². The van der Waals surface area contributed by atoms with Crippen LogP contribution >= 0.6 is 0 Å². The SMILES string of the molecule is CN=C(N)/C(C)=C/c1ccc(OCc2cccc3ccccc23)c(OC)c1. The van der Waals surface area contributed by atoms with Crippen LogP contribution in [0.2, 0.25) is 0 Å². The van der Waals surface area contributed by atoms with Crippen LogP contribution in [-0.2, 0) is 6.61 Å². The van der Waals surface area contributed by atoms with Gasteiger partial charge in [0.05, 0.1) is 7.11 Å². The third-order valence-corrected chi connectivity index (χ3v) is 4.48. The summed E-state index contributed by atoms with van der Waals surface area (Å²) in [6.07, 6.45) is 1.97. The van der Waals surface area contributed by atoms with Crippen LogP contribution in [0, 0.1) is 0 Å². The first-order valence-corrected chi connectivity index (χ1v) is 8.80. The van der Waals surface area contributed by atoms with Gasteiger partial charge >= 0.3 is 0 Å². The van der Waals surface area contributed by atoms with Gasteiger partial charge in [-0.05, 0) is 52.6 Å². The molecule has 0 bridgehead atoms. The Balaban J connectivity index is 1.83. The fraction of sp³-hybridized carbons (Fsp3) is 0.174. The molecule has 0 heterocycles. The molecule has 0 aromatic heterocycles. The molecule has 0 saturated carbocycles. The van der Waals surface area contributed by atoms with Crippen molar-refractivity contribution in [2.24, 2.45) is 10.7 Å². The zero-order valence-electron chi connectivity index (χ0n) is 15.9. The molecular weight excluding hydrogens is 336 g/mol. The number of aliphatic imine (C=N–C) groups is 1. The molecule has 4 nitrogen and oxygen atoms in total.